The second-order valence-electron chi connectivity index (χ2n) is 5.58. The summed E-state index contributed by atoms with van der Waals surface area (Å²) in [5.41, 5.74) is 2.63. The predicted octanol–water partition coefficient (Wildman–Crippen LogP) is 2.47. The molecular formula is C17H19N3O. The predicted molar refractivity (Wildman–Crippen MR) is 81.6 cm³/mol. The molecule has 0 N–H and O–H groups in total. The van der Waals surface area contributed by atoms with Crippen molar-refractivity contribution in [2.24, 2.45) is 0 Å². The zero-order chi connectivity index (χ0) is 14.7. The minimum absolute atomic E-state index is 0.124. The van der Waals surface area contributed by atoms with E-state index in [0.29, 0.717) is 0 Å². The first-order chi connectivity index (χ1) is 10.3. The molecule has 0 aliphatic carbocycles. The third-order valence-corrected chi connectivity index (χ3v) is 4.20. The highest BCUT2D eigenvalue weighted by Crippen LogP contribution is 2.28. The van der Waals surface area contributed by atoms with E-state index in [4.69, 9.17) is 0 Å². The summed E-state index contributed by atoms with van der Waals surface area (Å²) in [7, 11) is 0. The molecule has 4 nitrogen and oxygen atoms in total. The number of hydrogen-bond acceptors (Lipinski definition) is 3. The number of anilines is 1. The van der Waals surface area contributed by atoms with Gasteiger partial charge in [0.2, 0.25) is 0 Å². The molecule has 1 amide bonds. The number of nitrogens with zero attached hydrogens (tertiary/aromatic N) is 3. The molecule has 2 aliphatic heterocycles. The lowest BCUT2D eigenvalue weighted by atomic mass is 10.1. The van der Waals surface area contributed by atoms with Crippen LogP contribution in [0.4, 0.5) is 5.69 Å². The Balaban J connectivity index is 1.80. The van der Waals surface area contributed by atoms with Gasteiger partial charge in [-0.15, -0.1) is 0 Å². The van der Waals surface area contributed by atoms with Crippen molar-refractivity contribution in [3.63, 3.8) is 0 Å². The largest absolute Gasteiger partial charge is 0.346 e. The van der Waals surface area contributed by atoms with Crippen LogP contribution in [0.1, 0.15) is 24.8 Å². The molecule has 1 aromatic carbocycles. The number of fused-ring (bicyclic) bond motifs is 1. The molecular weight excluding hydrogens is 262 g/mol. The third kappa shape index (κ3) is 2.78. The van der Waals surface area contributed by atoms with Crippen LogP contribution in [0.3, 0.4) is 0 Å². The third-order valence-electron chi connectivity index (χ3n) is 4.20. The minimum Gasteiger partial charge on any atom is -0.346 e. The van der Waals surface area contributed by atoms with Crippen molar-refractivity contribution >= 4 is 11.6 Å². The minimum atomic E-state index is -0.124. The zero-order valence-corrected chi connectivity index (χ0v) is 12.1. The van der Waals surface area contributed by atoms with Gasteiger partial charge in [0.25, 0.3) is 5.91 Å². The van der Waals surface area contributed by atoms with Gasteiger partial charge in [-0.2, -0.15) is 5.26 Å². The van der Waals surface area contributed by atoms with Gasteiger partial charge in [-0.1, -0.05) is 18.2 Å². The Morgan fingerprint density at radius 2 is 1.90 bits per heavy atom. The number of nitriles is 1. The fraction of sp³-hybridized carbons (Fsp3) is 0.412. The Labute approximate surface area is 125 Å². The molecule has 2 aliphatic rings. The number of piperidine rings is 1. The molecule has 0 saturated carbocycles. The van der Waals surface area contributed by atoms with Gasteiger partial charge in [-0.05, 0) is 37.3 Å². The maximum Gasteiger partial charge on any atom is 0.266 e. The van der Waals surface area contributed by atoms with E-state index < -0.39 is 0 Å². The Morgan fingerprint density at radius 3 is 2.67 bits per heavy atom. The standard InChI is InChI=1S/C17H19N3O/c18-12-15(17(21)19-9-4-1-5-10-19)13-20-11-8-14-6-2-3-7-16(14)20/h2-3,6-7,13H,1,4-5,8-11H2/b15-13-. The molecule has 0 unspecified atom stereocenters. The van der Waals surface area contributed by atoms with E-state index in [2.05, 4.69) is 12.1 Å². The summed E-state index contributed by atoms with van der Waals surface area (Å²) in [5.74, 6) is -0.124. The van der Waals surface area contributed by atoms with E-state index in [-0.39, 0.29) is 11.5 Å². The highest BCUT2D eigenvalue weighted by Gasteiger charge is 2.23. The van der Waals surface area contributed by atoms with Crippen molar-refractivity contribution in [3.05, 3.63) is 41.6 Å². The normalized spacial score (nSPS) is 18.3. The summed E-state index contributed by atoms with van der Waals surface area (Å²) in [6.07, 6.45) is 5.94. The molecule has 0 spiro atoms. The summed E-state index contributed by atoms with van der Waals surface area (Å²) in [4.78, 5) is 16.3. The second-order valence-corrected chi connectivity index (χ2v) is 5.58. The van der Waals surface area contributed by atoms with Crippen LogP contribution in [-0.4, -0.2) is 30.4 Å². The van der Waals surface area contributed by atoms with Crippen LogP contribution in [0.25, 0.3) is 0 Å². The van der Waals surface area contributed by atoms with E-state index in [1.165, 1.54) is 12.0 Å². The van der Waals surface area contributed by atoms with E-state index in [0.717, 1.165) is 44.6 Å². The molecule has 0 atom stereocenters. The van der Waals surface area contributed by atoms with Crippen LogP contribution in [0, 0.1) is 11.3 Å². The highest BCUT2D eigenvalue weighted by molar-refractivity contribution is 5.97. The molecule has 3 rings (SSSR count). The van der Waals surface area contributed by atoms with Crippen LogP contribution < -0.4 is 4.90 Å². The molecule has 0 radical (unpaired) electrons. The second kappa shape index (κ2) is 6.01. The molecule has 4 heteroatoms. The van der Waals surface area contributed by atoms with Crippen LogP contribution in [0.2, 0.25) is 0 Å². The van der Waals surface area contributed by atoms with Gasteiger partial charge in [0.05, 0.1) is 0 Å². The highest BCUT2D eigenvalue weighted by atomic mass is 16.2. The van der Waals surface area contributed by atoms with Gasteiger partial charge in [-0.25, -0.2) is 0 Å². The van der Waals surface area contributed by atoms with Crippen LogP contribution in [-0.2, 0) is 11.2 Å². The molecule has 1 saturated heterocycles. The van der Waals surface area contributed by atoms with Gasteiger partial charge in [-0.3, -0.25) is 4.79 Å². The molecule has 0 bridgehead atoms. The lowest BCUT2D eigenvalue weighted by Crippen LogP contribution is -2.36. The Morgan fingerprint density at radius 1 is 1.14 bits per heavy atom. The zero-order valence-electron chi connectivity index (χ0n) is 12.1. The SMILES string of the molecule is N#C/C(=C/N1CCc2ccccc21)C(=O)N1CCCCC1. The summed E-state index contributed by atoms with van der Waals surface area (Å²) >= 11 is 0. The van der Waals surface area contributed by atoms with Crippen molar-refractivity contribution in [3.8, 4) is 6.07 Å². The first-order valence-corrected chi connectivity index (χ1v) is 7.55. The van der Waals surface area contributed by atoms with Gasteiger partial charge >= 0.3 is 0 Å². The molecule has 2 heterocycles. The number of amides is 1. The Bertz CT molecular complexity index is 609. The first-order valence-electron chi connectivity index (χ1n) is 7.55. The van der Waals surface area contributed by atoms with Crippen molar-refractivity contribution in [2.75, 3.05) is 24.5 Å². The molecule has 1 fully saturated rings. The Kier molecular flexibility index (Phi) is 3.92. The number of carbonyl (C=O) groups is 1. The number of hydrogen-bond donors (Lipinski definition) is 0. The Hall–Kier alpha value is -2.28. The average Bonchev–Trinajstić information content (AvgIpc) is 2.96. The van der Waals surface area contributed by atoms with Crippen LogP contribution >= 0.6 is 0 Å². The maximum absolute atomic E-state index is 12.4. The number of benzene rings is 1. The lowest BCUT2D eigenvalue weighted by Gasteiger charge is -2.26. The molecule has 0 aromatic heterocycles. The topological polar surface area (TPSA) is 47.3 Å². The van der Waals surface area contributed by atoms with E-state index in [1.54, 1.807) is 11.1 Å². The number of likely N-dealkylation sites (tertiary alicyclic amines) is 1. The van der Waals surface area contributed by atoms with Crippen molar-refractivity contribution in [1.29, 1.82) is 5.26 Å². The van der Waals surface area contributed by atoms with Gasteiger partial charge in [0.1, 0.15) is 11.6 Å². The summed E-state index contributed by atoms with van der Waals surface area (Å²) in [6.45, 7) is 2.38. The van der Waals surface area contributed by atoms with E-state index in [1.807, 2.05) is 23.1 Å². The van der Waals surface area contributed by atoms with Crippen LogP contribution in [0.15, 0.2) is 36.0 Å². The van der Waals surface area contributed by atoms with E-state index >= 15 is 0 Å². The maximum atomic E-state index is 12.4. The van der Waals surface area contributed by atoms with E-state index in [9.17, 15) is 10.1 Å². The van der Waals surface area contributed by atoms with Gasteiger partial charge in [0.15, 0.2) is 0 Å². The smallest absolute Gasteiger partial charge is 0.266 e. The van der Waals surface area contributed by atoms with Crippen LogP contribution in [0.5, 0.6) is 0 Å². The fourth-order valence-corrected chi connectivity index (χ4v) is 3.05. The average molecular weight is 281 g/mol. The lowest BCUT2D eigenvalue weighted by molar-refractivity contribution is -0.127. The van der Waals surface area contributed by atoms with Crippen molar-refractivity contribution < 1.29 is 4.79 Å². The molecule has 108 valence electrons. The fourth-order valence-electron chi connectivity index (χ4n) is 3.05. The number of rotatable bonds is 2. The molecule has 21 heavy (non-hydrogen) atoms. The van der Waals surface area contributed by atoms with Gasteiger partial charge < -0.3 is 9.80 Å². The first kappa shape index (κ1) is 13.7. The number of carbonyl (C=O) groups excluding carboxylic acids is 1. The quantitative estimate of drug-likeness (QED) is 0.618. The van der Waals surface area contributed by atoms with Crippen molar-refractivity contribution in [2.45, 2.75) is 25.7 Å². The number of para-hydroxylation sites is 1. The summed E-state index contributed by atoms with van der Waals surface area (Å²) in [5, 5.41) is 9.34. The monoisotopic (exact) mass is 281 g/mol. The summed E-state index contributed by atoms with van der Waals surface area (Å²) < 4.78 is 0. The summed E-state index contributed by atoms with van der Waals surface area (Å²) in [6, 6.07) is 10.2. The molecule has 1 aromatic rings. The van der Waals surface area contributed by atoms with Crippen molar-refractivity contribution in [1.82, 2.24) is 4.90 Å². The van der Waals surface area contributed by atoms with Gasteiger partial charge in [0, 0.05) is 31.5 Å².